The second-order valence-corrected chi connectivity index (χ2v) is 3.81. The first-order chi connectivity index (χ1) is 6.06. The van der Waals surface area contributed by atoms with Crippen molar-refractivity contribution in [3.63, 3.8) is 0 Å². The van der Waals surface area contributed by atoms with Gasteiger partial charge in [0.2, 0.25) is 5.91 Å². The second-order valence-electron chi connectivity index (χ2n) is 3.81. The van der Waals surface area contributed by atoms with Gasteiger partial charge in [-0.25, -0.2) is 4.39 Å². The Labute approximate surface area is 78.3 Å². The molecule has 0 saturated carbocycles. The summed E-state index contributed by atoms with van der Waals surface area (Å²) in [5.74, 6) is 0.00297. The number of alkyl halides is 1. The minimum absolute atomic E-state index is 0.0391. The van der Waals surface area contributed by atoms with Crippen molar-refractivity contribution in [3.05, 3.63) is 0 Å². The molecule has 1 saturated heterocycles. The molecule has 0 spiro atoms. The summed E-state index contributed by atoms with van der Waals surface area (Å²) in [6, 6.07) is -0.192. The van der Waals surface area contributed by atoms with Crippen LogP contribution in [0.15, 0.2) is 0 Å². The number of hydrogen-bond acceptors (Lipinski definition) is 2. The lowest BCUT2D eigenvalue weighted by molar-refractivity contribution is -0.133. The SMILES string of the molecule is CNC1CN(C(=O)C(C)C)C[C@@H]1F. The highest BCUT2D eigenvalue weighted by Crippen LogP contribution is 2.15. The van der Waals surface area contributed by atoms with E-state index < -0.39 is 6.17 Å². The molecular weight excluding hydrogens is 171 g/mol. The molecule has 0 radical (unpaired) electrons. The smallest absolute Gasteiger partial charge is 0.225 e. The predicted octanol–water partition coefficient (Wildman–Crippen LogP) is 0.411. The van der Waals surface area contributed by atoms with E-state index in [-0.39, 0.29) is 24.4 Å². The Morgan fingerprint density at radius 1 is 1.54 bits per heavy atom. The van der Waals surface area contributed by atoms with Crippen molar-refractivity contribution in [1.82, 2.24) is 10.2 Å². The van der Waals surface area contributed by atoms with Gasteiger partial charge in [-0.15, -0.1) is 0 Å². The van der Waals surface area contributed by atoms with Crippen LogP contribution in [0.4, 0.5) is 4.39 Å². The third-order valence-corrected chi connectivity index (χ3v) is 2.42. The van der Waals surface area contributed by atoms with Crippen LogP contribution >= 0.6 is 0 Å². The fourth-order valence-electron chi connectivity index (χ4n) is 1.58. The van der Waals surface area contributed by atoms with E-state index in [4.69, 9.17) is 0 Å². The minimum atomic E-state index is -0.923. The Kier molecular flexibility index (Phi) is 3.25. The number of nitrogens with zero attached hydrogens (tertiary/aromatic N) is 1. The number of likely N-dealkylation sites (tertiary alicyclic amines) is 1. The molecule has 0 aromatic heterocycles. The molecule has 4 heteroatoms. The van der Waals surface area contributed by atoms with Crippen LogP contribution in [0.25, 0.3) is 0 Å². The van der Waals surface area contributed by atoms with Gasteiger partial charge in [-0.1, -0.05) is 13.8 Å². The Hall–Kier alpha value is -0.640. The third-order valence-electron chi connectivity index (χ3n) is 2.42. The molecule has 0 aliphatic carbocycles. The largest absolute Gasteiger partial charge is 0.338 e. The maximum Gasteiger partial charge on any atom is 0.225 e. The van der Waals surface area contributed by atoms with Crippen LogP contribution in [0.2, 0.25) is 0 Å². The van der Waals surface area contributed by atoms with Crippen molar-refractivity contribution in [3.8, 4) is 0 Å². The zero-order valence-corrected chi connectivity index (χ0v) is 8.38. The normalized spacial score (nSPS) is 28.5. The molecule has 76 valence electrons. The summed E-state index contributed by atoms with van der Waals surface area (Å²) in [5, 5.41) is 2.87. The van der Waals surface area contributed by atoms with Crippen LogP contribution in [-0.2, 0) is 4.79 Å². The van der Waals surface area contributed by atoms with Crippen molar-refractivity contribution in [2.75, 3.05) is 20.1 Å². The Bertz CT molecular complexity index is 196. The average molecular weight is 188 g/mol. The van der Waals surface area contributed by atoms with Gasteiger partial charge in [0, 0.05) is 12.5 Å². The Balaban J connectivity index is 2.53. The number of hydrogen-bond donors (Lipinski definition) is 1. The number of amides is 1. The van der Waals surface area contributed by atoms with Crippen molar-refractivity contribution in [2.45, 2.75) is 26.1 Å². The number of rotatable bonds is 2. The number of carbonyl (C=O) groups excluding carboxylic acids is 1. The zero-order chi connectivity index (χ0) is 10.0. The first kappa shape index (κ1) is 10.4. The lowest BCUT2D eigenvalue weighted by atomic mass is 10.2. The van der Waals surface area contributed by atoms with E-state index in [2.05, 4.69) is 5.32 Å². The highest BCUT2D eigenvalue weighted by atomic mass is 19.1. The van der Waals surface area contributed by atoms with Gasteiger partial charge in [0.15, 0.2) is 0 Å². The minimum Gasteiger partial charge on any atom is -0.338 e. The van der Waals surface area contributed by atoms with Crippen molar-refractivity contribution in [1.29, 1.82) is 0 Å². The topological polar surface area (TPSA) is 32.3 Å². The molecule has 1 heterocycles. The van der Waals surface area contributed by atoms with Gasteiger partial charge in [-0.05, 0) is 7.05 Å². The second kappa shape index (κ2) is 4.05. The summed E-state index contributed by atoms with van der Waals surface area (Å²) < 4.78 is 13.2. The molecule has 1 N–H and O–H groups in total. The van der Waals surface area contributed by atoms with Crippen LogP contribution in [-0.4, -0.2) is 43.2 Å². The van der Waals surface area contributed by atoms with Gasteiger partial charge >= 0.3 is 0 Å². The summed E-state index contributed by atoms with van der Waals surface area (Å²) in [5.41, 5.74) is 0. The van der Waals surface area contributed by atoms with Crippen LogP contribution in [0.5, 0.6) is 0 Å². The van der Waals surface area contributed by atoms with E-state index in [1.54, 1.807) is 11.9 Å². The quantitative estimate of drug-likeness (QED) is 0.680. The molecule has 13 heavy (non-hydrogen) atoms. The Morgan fingerprint density at radius 2 is 2.15 bits per heavy atom. The van der Waals surface area contributed by atoms with Crippen LogP contribution in [0, 0.1) is 5.92 Å². The summed E-state index contributed by atoms with van der Waals surface area (Å²) >= 11 is 0. The highest BCUT2D eigenvalue weighted by molar-refractivity contribution is 5.78. The lowest BCUT2D eigenvalue weighted by Gasteiger charge is -2.17. The van der Waals surface area contributed by atoms with Crippen LogP contribution < -0.4 is 5.32 Å². The molecule has 0 aromatic rings. The molecule has 0 bridgehead atoms. The molecule has 1 fully saturated rings. The molecular formula is C9H17FN2O. The van der Waals surface area contributed by atoms with Gasteiger partial charge in [0.25, 0.3) is 0 Å². The van der Waals surface area contributed by atoms with Crippen LogP contribution in [0.3, 0.4) is 0 Å². The van der Waals surface area contributed by atoms with E-state index in [0.717, 1.165) is 0 Å². The van der Waals surface area contributed by atoms with Gasteiger partial charge in [-0.3, -0.25) is 4.79 Å². The number of likely N-dealkylation sites (N-methyl/N-ethyl adjacent to an activating group) is 1. The first-order valence-electron chi connectivity index (χ1n) is 4.66. The van der Waals surface area contributed by atoms with Gasteiger partial charge in [0.1, 0.15) is 6.17 Å². The highest BCUT2D eigenvalue weighted by Gasteiger charge is 2.34. The molecule has 1 amide bonds. The zero-order valence-electron chi connectivity index (χ0n) is 8.38. The third kappa shape index (κ3) is 2.18. The number of halogens is 1. The lowest BCUT2D eigenvalue weighted by Crippen LogP contribution is -2.36. The molecule has 1 aliphatic heterocycles. The summed E-state index contributed by atoms with van der Waals surface area (Å²) in [4.78, 5) is 13.1. The van der Waals surface area contributed by atoms with Crippen molar-refractivity contribution >= 4 is 5.91 Å². The van der Waals surface area contributed by atoms with E-state index in [1.807, 2.05) is 13.8 Å². The number of carbonyl (C=O) groups is 1. The van der Waals surface area contributed by atoms with Gasteiger partial charge in [-0.2, -0.15) is 0 Å². The molecule has 3 nitrogen and oxygen atoms in total. The molecule has 1 unspecified atom stereocenters. The maximum atomic E-state index is 13.2. The maximum absolute atomic E-state index is 13.2. The first-order valence-corrected chi connectivity index (χ1v) is 4.66. The molecule has 2 atom stereocenters. The number of nitrogens with one attached hydrogen (secondary N) is 1. The fraction of sp³-hybridized carbons (Fsp3) is 0.889. The van der Waals surface area contributed by atoms with E-state index >= 15 is 0 Å². The van der Waals surface area contributed by atoms with Gasteiger partial charge < -0.3 is 10.2 Å². The van der Waals surface area contributed by atoms with E-state index in [1.165, 1.54) is 0 Å². The van der Waals surface area contributed by atoms with E-state index in [0.29, 0.717) is 6.54 Å². The summed E-state index contributed by atoms with van der Waals surface area (Å²) in [6.45, 7) is 4.40. The van der Waals surface area contributed by atoms with Gasteiger partial charge in [0.05, 0.1) is 12.6 Å². The fourth-order valence-corrected chi connectivity index (χ4v) is 1.58. The average Bonchev–Trinajstić information content (AvgIpc) is 2.45. The molecule has 0 aromatic carbocycles. The van der Waals surface area contributed by atoms with Crippen molar-refractivity contribution < 1.29 is 9.18 Å². The molecule has 1 aliphatic rings. The predicted molar refractivity (Wildman–Crippen MR) is 49.2 cm³/mol. The van der Waals surface area contributed by atoms with E-state index in [9.17, 15) is 9.18 Å². The monoisotopic (exact) mass is 188 g/mol. The van der Waals surface area contributed by atoms with Crippen LogP contribution in [0.1, 0.15) is 13.8 Å². The Morgan fingerprint density at radius 3 is 2.54 bits per heavy atom. The molecule has 1 rings (SSSR count). The summed E-state index contributed by atoms with van der Waals surface area (Å²) in [6.07, 6.45) is -0.923. The van der Waals surface area contributed by atoms with Crippen molar-refractivity contribution in [2.24, 2.45) is 5.92 Å². The summed E-state index contributed by atoms with van der Waals surface area (Å²) in [7, 11) is 1.72. The standard InChI is InChI=1S/C9H17FN2O/c1-6(2)9(13)12-4-7(10)8(5-12)11-3/h6-8,11H,4-5H2,1-3H3/t7-,8?/m0/s1.